The van der Waals surface area contributed by atoms with E-state index in [2.05, 4.69) is 0 Å². The number of aryl methyl sites for hydroxylation is 1. The van der Waals surface area contributed by atoms with E-state index in [1.807, 2.05) is 6.92 Å². The monoisotopic (exact) mass is 336 g/mol. The second-order valence-corrected chi connectivity index (χ2v) is 5.90. The Kier molecular flexibility index (Phi) is 4.57. The number of hydrogen-bond donors (Lipinski definition) is 0. The molecule has 1 aliphatic rings. The highest BCUT2D eigenvalue weighted by Gasteiger charge is 2.21. The lowest BCUT2D eigenvalue weighted by molar-refractivity contribution is -0.146. The van der Waals surface area contributed by atoms with Crippen molar-refractivity contribution in [2.45, 2.75) is 32.6 Å². The smallest absolute Gasteiger partial charge is 0.344 e. The average molecular weight is 337 g/mol. The van der Waals surface area contributed by atoms with Crippen LogP contribution in [0.2, 0.25) is 5.02 Å². The standard InChI is InChI=1S/C17H17ClO5/c1-2-6-21-16(19)9-22-15-8-14-12(7-13(15)18)10-4-3-5-11(10)17(20)23-14/h7-8H,2-6,9H2,1H3. The highest BCUT2D eigenvalue weighted by Crippen LogP contribution is 2.34. The van der Waals surface area contributed by atoms with Crippen molar-refractivity contribution in [1.29, 1.82) is 0 Å². The third-order valence-corrected chi connectivity index (χ3v) is 4.13. The topological polar surface area (TPSA) is 65.7 Å². The molecule has 0 amide bonds. The van der Waals surface area contributed by atoms with Gasteiger partial charge in [-0.15, -0.1) is 0 Å². The molecule has 0 unspecified atom stereocenters. The Hall–Kier alpha value is -2.01. The van der Waals surface area contributed by atoms with Crippen molar-refractivity contribution in [1.82, 2.24) is 0 Å². The molecule has 0 aliphatic heterocycles. The lowest BCUT2D eigenvalue weighted by atomic mass is 10.1. The van der Waals surface area contributed by atoms with Gasteiger partial charge < -0.3 is 13.9 Å². The molecule has 1 heterocycles. The van der Waals surface area contributed by atoms with Crippen LogP contribution in [-0.4, -0.2) is 19.2 Å². The highest BCUT2D eigenvalue weighted by atomic mass is 35.5. The molecule has 0 bridgehead atoms. The molecule has 0 saturated carbocycles. The van der Waals surface area contributed by atoms with Crippen molar-refractivity contribution >= 4 is 28.5 Å². The Morgan fingerprint density at radius 1 is 1.30 bits per heavy atom. The van der Waals surface area contributed by atoms with Crippen molar-refractivity contribution < 1.29 is 18.7 Å². The normalized spacial score (nSPS) is 13.1. The number of carbonyl (C=O) groups excluding carboxylic acids is 1. The van der Waals surface area contributed by atoms with Gasteiger partial charge in [0.05, 0.1) is 11.6 Å². The number of hydrogen-bond acceptors (Lipinski definition) is 5. The molecule has 0 radical (unpaired) electrons. The predicted octanol–water partition coefficient (Wildman–Crippen LogP) is 3.27. The SMILES string of the molecule is CCCOC(=O)COc1cc2oc(=O)c3c(c2cc1Cl)CCC3. The summed E-state index contributed by atoms with van der Waals surface area (Å²) in [6.07, 6.45) is 3.28. The van der Waals surface area contributed by atoms with Gasteiger partial charge >= 0.3 is 11.6 Å². The first-order valence-electron chi connectivity index (χ1n) is 7.66. The van der Waals surface area contributed by atoms with Gasteiger partial charge in [-0.2, -0.15) is 0 Å². The first kappa shape index (κ1) is 15.9. The summed E-state index contributed by atoms with van der Waals surface area (Å²) in [6.45, 7) is 2.03. The maximum Gasteiger partial charge on any atom is 0.344 e. The van der Waals surface area contributed by atoms with Gasteiger partial charge in [0.15, 0.2) is 6.61 Å². The highest BCUT2D eigenvalue weighted by molar-refractivity contribution is 6.32. The number of fused-ring (bicyclic) bond motifs is 3. The lowest BCUT2D eigenvalue weighted by Crippen LogP contribution is -2.15. The summed E-state index contributed by atoms with van der Waals surface area (Å²) in [5.74, 6) is -0.160. The summed E-state index contributed by atoms with van der Waals surface area (Å²) in [4.78, 5) is 23.5. The molecule has 0 saturated heterocycles. The molecule has 6 heteroatoms. The minimum absolute atomic E-state index is 0.236. The number of ether oxygens (including phenoxy) is 2. The Labute approximate surface area is 138 Å². The van der Waals surface area contributed by atoms with Gasteiger partial charge in [0.25, 0.3) is 0 Å². The van der Waals surface area contributed by atoms with Crippen LogP contribution in [0.3, 0.4) is 0 Å². The summed E-state index contributed by atoms with van der Waals surface area (Å²) in [6, 6.07) is 3.29. The van der Waals surface area contributed by atoms with E-state index >= 15 is 0 Å². The van der Waals surface area contributed by atoms with Gasteiger partial charge in [0.1, 0.15) is 11.3 Å². The van der Waals surface area contributed by atoms with Crippen molar-refractivity contribution in [2.24, 2.45) is 0 Å². The second-order valence-electron chi connectivity index (χ2n) is 5.49. The number of benzene rings is 1. The average Bonchev–Trinajstić information content (AvgIpc) is 3.02. The number of rotatable bonds is 5. The first-order valence-corrected chi connectivity index (χ1v) is 8.04. The van der Waals surface area contributed by atoms with E-state index in [4.69, 9.17) is 25.5 Å². The molecule has 5 nitrogen and oxygen atoms in total. The number of carbonyl (C=O) groups is 1. The van der Waals surface area contributed by atoms with Crippen molar-refractivity contribution in [3.63, 3.8) is 0 Å². The number of esters is 1. The summed E-state index contributed by atoms with van der Waals surface area (Å²) in [5.41, 5.74) is 1.87. The largest absolute Gasteiger partial charge is 0.480 e. The molecule has 0 N–H and O–H groups in total. The van der Waals surface area contributed by atoms with Crippen LogP contribution in [-0.2, 0) is 22.4 Å². The molecule has 1 aromatic heterocycles. The minimum Gasteiger partial charge on any atom is -0.480 e. The fourth-order valence-electron chi connectivity index (χ4n) is 2.79. The van der Waals surface area contributed by atoms with Crippen LogP contribution in [0.4, 0.5) is 0 Å². The van der Waals surface area contributed by atoms with Gasteiger partial charge in [-0.3, -0.25) is 0 Å². The number of halogens is 1. The zero-order valence-corrected chi connectivity index (χ0v) is 13.6. The summed E-state index contributed by atoms with van der Waals surface area (Å²) < 4.78 is 15.7. The van der Waals surface area contributed by atoms with Gasteiger partial charge in [0, 0.05) is 17.0 Å². The molecule has 1 aliphatic carbocycles. The fourth-order valence-corrected chi connectivity index (χ4v) is 3.01. The van der Waals surface area contributed by atoms with E-state index in [9.17, 15) is 9.59 Å². The van der Waals surface area contributed by atoms with E-state index < -0.39 is 5.97 Å². The molecule has 2 aromatic rings. The Morgan fingerprint density at radius 2 is 2.09 bits per heavy atom. The Bertz CT molecular complexity index is 809. The Morgan fingerprint density at radius 3 is 2.87 bits per heavy atom. The maximum absolute atomic E-state index is 12.0. The predicted molar refractivity (Wildman–Crippen MR) is 86.3 cm³/mol. The van der Waals surface area contributed by atoms with Crippen LogP contribution in [0.15, 0.2) is 21.3 Å². The van der Waals surface area contributed by atoms with Crippen LogP contribution in [0, 0.1) is 0 Å². The summed E-state index contributed by atoms with van der Waals surface area (Å²) in [7, 11) is 0. The van der Waals surface area contributed by atoms with E-state index in [1.54, 1.807) is 12.1 Å². The van der Waals surface area contributed by atoms with Gasteiger partial charge in [-0.05, 0) is 37.3 Å². The van der Waals surface area contributed by atoms with Crippen LogP contribution in [0.25, 0.3) is 11.0 Å². The van der Waals surface area contributed by atoms with Crippen molar-refractivity contribution in [2.75, 3.05) is 13.2 Å². The van der Waals surface area contributed by atoms with E-state index in [-0.39, 0.29) is 12.2 Å². The van der Waals surface area contributed by atoms with Gasteiger partial charge in [-0.1, -0.05) is 18.5 Å². The van der Waals surface area contributed by atoms with Crippen LogP contribution < -0.4 is 10.4 Å². The molecular weight excluding hydrogens is 320 g/mol. The minimum atomic E-state index is -0.460. The third-order valence-electron chi connectivity index (χ3n) is 3.84. The molecular formula is C17H17ClO5. The van der Waals surface area contributed by atoms with E-state index in [1.165, 1.54) is 0 Å². The maximum atomic E-state index is 12.0. The fraction of sp³-hybridized carbons (Fsp3) is 0.412. The lowest BCUT2D eigenvalue weighted by Gasteiger charge is -2.10. The van der Waals surface area contributed by atoms with E-state index in [0.29, 0.717) is 23.0 Å². The first-order chi connectivity index (χ1) is 11.1. The molecule has 23 heavy (non-hydrogen) atoms. The third kappa shape index (κ3) is 3.20. The van der Waals surface area contributed by atoms with Crippen LogP contribution in [0.1, 0.15) is 30.9 Å². The molecule has 1 aromatic carbocycles. The summed E-state index contributed by atoms with van der Waals surface area (Å²) in [5, 5.41) is 1.21. The molecule has 0 fully saturated rings. The molecule has 0 atom stereocenters. The molecule has 122 valence electrons. The zero-order valence-electron chi connectivity index (χ0n) is 12.8. The van der Waals surface area contributed by atoms with Gasteiger partial charge in [0.2, 0.25) is 0 Å². The van der Waals surface area contributed by atoms with Crippen LogP contribution in [0.5, 0.6) is 5.75 Å². The second kappa shape index (κ2) is 6.62. The summed E-state index contributed by atoms with van der Waals surface area (Å²) >= 11 is 6.24. The molecule has 0 spiro atoms. The zero-order chi connectivity index (χ0) is 16.4. The Balaban J connectivity index is 1.88. The van der Waals surface area contributed by atoms with Crippen molar-refractivity contribution in [3.8, 4) is 5.75 Å². The molecule has 3 rings (SSSR count). The van der Waals surface area contributed by atoms with E-state index in [0.717, 1.165) is 42.2 Å². The van der Waals surface area contributed by atoms with Crippen LogP contribution >= 0.6 is 11.6 Å². The van der Waals surface area contributed by atoms with Gasteiger partial charge in [-0.25, -0.2) is 9.59 Å². The van der Waals surface area contributed by atoms with Crippen molar-refractivity contribution in [3.05, 3.63) is 38.7 Å². The quantitative estimate of drug-likeness (QED) is 0.619.